The normalized spacial score (nSPS) is 14.0. The Morgan fingerprint density at radius 2 is 0.958 bits per heavy atom. The first-order valence-corrected chi connectivity index (χ1v) is 11.7. The van der Waals surface area contributed by atoms with Gasteiger partial charge in [-0.05, 0) is 12.8 Å². The Bertz CT molecular complexity index is 297. The topological polar surface area (TPSA) is 55.8 Å². The maximum Gasteiger partial charge on any atom is 0.472 e. The molecular weight excluding hydrogens is 323 g/mol. The van der Waals surface area contributed by atoms with Gasteiger partial charge in [0.2, 0.25) is 0 Å². The lowest BCUT2D eigenvalue weighted by atomic mass is 10.0. The third-order valence-electron chi connectivity index (χ3n) is 4.21. The van der Waals surface area contributed by atoms with E-state index in [1.165, 1.54) is 77.0 Å². The average Bonchev–Trinajstić information content (AvgIpc) is 2.56. The number of phosphoric ester groups is 1. The zero-order chi connectivity index (χ0) is 17.9. The highest BCUT2D eigenvalue weighted by atomic mass is 31.2. The third kappa shape index (κ3) is 18.4. The summed E-state index contributed by atoms with van der Waals surface area (Å²) in [6.07, 6.45) is 18.9. The lowest BCUT2D eigenvalue weighted by Crippen LogP contribution is -1.98. The summed E-state index contributed by atoms with van der Waals surface area (Å²) in [5.74, 6) is 0. The lowest BCUT2D eigenvalue weighted by Gasteiger charge is -2.11. The standard InChI is InChI=1S/C19H41O4P/c1-3-5-6-7-8-9-10-11-12-13-14-15-16-17-19-23-24(20,21)22-18-4-2/h3-19H2,1-2H3,(H,20,21). The molecule has 146 valence electrons. The molecule has 0 saturated carbocycles. The van der Waals surface area contributed by atoms with E-state index in [0.717, 1.165) is 12.8 Å². The Kier molecular flexibility index (Phi) is 18.0. The van der Waals surface area contributed by atoms with Gasteiger partial charge >= 0.3 is 7.82 Å². The SMILES string of the molecule is CCCCCCCCCCCCCCCCOP(=O)(O)OCCC. The Morgan fingerprint density at radius 3 is 1.38 bits per heavy atom. The van der Waals surface area contributed by atoms with Gasteiger partial charge in [-0.1, -0.05) is 97.3 Å². The lowest BCUT2D eigenvalue weighted by molar-refractivity contribution is 0.147. The minimum Gasteiger partial charge on any atom is -0.302 e. The molecule has 0 aliphatic rings. The van der Waals surface area contributed by atoms with Gasteiger partial charge in [-0.3, -0.25) is 9.05 Å². The summed E-state index contributed by atoms with van der Waals surface area (Å²) in [6.45, 7) is 4.75. The molecule has 0 aliphatic heterocycles. The number of hydrogen-bond acceptors (Lipinski definition) is 3. The van der Waals surface area contributed by atoms with Gasteiger partial charge in [0.25, 0.3) is 0 Å². The quantitative estimate of drug-likeness (QED) is 0.198. The van der Waals surface area contributed by atoms with E-state index in [4.69, 9.17) is 9.05 Å². The van der Waals surface area contributed by atoms with Crippen LogP contribution in [0.15, 0.2) is 0 Å². The van der Waals surface area contributed by atoms with Crippen molar-refractivity contribution in [2.24, 2.45) is 0 Å². The molecule has 0 heterocycles. The van der Waals surface area contributed by atoms with Gasteiger partial charge in [-0.15, -0.1) is 0 Å². The maximum atomic E-state index is 11.4. The van der Waals surface area contributed by atoms with Gasteiger partial charge in [0.05, 0.1) is 13.2 Å². The molecule has 0 aromatic carbocycles. The predicted octanol–water partition coefficient (Wildman–Crippen LogP) is 7.01. The smallest absolute Gasteiger partial charge is 0.302 e. The number of hydrogen-bond donors (Lipinski definition) is 1. The molecule has 1 atom stereocenters. The van der Waals surface area contributed by atoms with Crippen molar-refractivity contribution in [2.45, 2.75) is 110 Å². The largest absolute Gasteiger partial charge is 0.472 e. The fourth-order valence-corrected chi connectivity index (χ4v) is 3.57. The van der Waals surface area contributed by atoms with E-state index in [0.29, 0.717) is 13.0 Å². The highest BCUT2D eigenvalue weighted by Gasteiger charge is 2.19. The van der Waals surface area contributed by atoms with Crippen molar-refractivity contribution in [3.05, 3.63) is 0 Å². The maximum absolute atomic E-state index is 11.4. The van der Waals surface area contributed by atoms with Crippen LogP contribution in [0.25, 0.3) is 0 Å². The third-order valence-corrected chi connectivity index (χ3v) is 5.23. The average molecular weight is 365 g/mol. The van der Waals surface area contributed by atoms with E-state index in [1.807, 2.05) is 6.92 Å². The van der Waals surface area contributed by atoms with Crippen LogP contribution in [-0.4, -0.2) is 18.1 Å². The van der Waals surface area contributed by atoms with E-state index in [1.54, 1.807) is 0 Å². The van der Waals surface area contributed by atoms with Gasteiger partial charge in [0.1, 0.15) is 0 Å². The summed E-state index contributed by atoms with van der Waals surface area (Å²) in [7, 11) is -3.80. The van der Waals surface area contributed by atoms with Crippen LogP contribution in [-0.2, 0) is 13.6 Å². The van der Waals surface area contributed by atoms with Crippen molar-refractivity contribution in [3.63, 3.8) is 0 Å². The molecule has 0 bridgehead atoms. The molecule has 0 saturated heterocycles. The Hall–Kier alpha value is 0.110. The molecule has 0 spiro atoms. The number of phosphoric acid groups is 1. The molecule has 1 N–H and O–H groups in total. The van der Waals surface area contributed by atoms with Crippen molar-refractivity contribution >= 4 is 7.82 Å². The second-order valence-electron chi connectivity index (χ2n) is 6.73. The molecule has 0 radical (unpaired) electrons. The number of unbranched alkanes of at least 4 members (excludes halogenated alkanes) is 13. The second kappa shape index (κ2) is 17.9. The van der Waals surface area contributed by atoms with Gasteiger partial charge in [0, 0.05) is 0 Å². The Labute approximate surface area is 150 Å². The van der Waals surface area contributed by atoms with E-state index in [2.05, 4.69) is 6.92 Å². The van der Waals surface area contributed by atoms with Crippen LogP contribution in [0.2, 0.25) is 0 Å². The summed E-state index contributed by atoms with van der Waals surface area (Å²) in [6, 6.07) is 0. The zero-order valence-electron chi connectivity index (χ0n) is 16.1. The van der Waals surface area contributed by atoms with Gasteiger partial charge < -0.3 is 4.89 Å². The van der Waals surface area contributed by atoms with Crippen molar-refractivity contribution in [1.29, 1.82) is 0 Å². The van der Waals surface area contributed by atoms with Gasteiger partial charge in [0.15, 0.2) is 0 Å². The van der Waals surface area contributed by atoms with Crippen molar-refractivity contribution in [3.8, 4) is 0 Å². The van der Waals surface area contributed by atoms with Crippen molar-refractivity contribution in [2.75, 3.05) is 13.2 Å². The molecule has 0 aromatic rings. The fraction of sp³-hybridized carbons (Fsp3) is 1.00. The van der Waals surface area contributed by atoms with Crippen LogP contribution in [0.5, 0.6) is 0 Å². The summed E-state index contributed by atoms with van der Waals surface area (Å²) >= 11 is 0. The molecule has 0 fully saturated rings. The van der Waals surface area contributed by atoms with E-state index < -0.39 is 7.82 Å². The minimum absolute atomic E-state index is 0.270. The fourth-order valence-electron chi connectivity index (χ4n) is 2.72. The summed E-state index contributed by atoms with van der Waals surface area (Å²) in [5.41, 5.74) is 0. The number of rotatable bonds is 19. The highest BCUT2D eigenvalue weighted by molar-refractivity contribution is 7.47. The second-order valence-corrected chi connectivity index (χ2v) is 8.18. The van der Waals surface area contributed by atoms with Gasteiger partial charge in [-0.25, -0.2) is 4.57 Å². The Morgan fingerprint density at radius 1 is 0.583 bits per heavy atom. The summed E-state index contributed by atoms with van der Waals surface area (Å²) in [5, 5.41) is 0. The molecule has 0 rings (SSSR count). The highest BCUT2D eigenvalue weighted by Crippen LogP contribution is 2.43. The molecule has 0 amide bonds. The molecule has 5 heteroatoms. The molecule has 4 nitrogen and oxygen atoms in total. The summed E-state index contributed by atoms with van der Waals surface area (Å²) in [4.78, 5) is 9.36. The Balaban J connectivity index is 3.16. The molecular formula is C19H41O4P. The van der Waals surface area contributed by atoms with Crippen LogP contribution >= 0.6 is 7.82 Å². The van der Waals surface area contributed by atoms with Gasteiger partial charge in [-0.2, -0.15) is 0 Å². The van der Waals surface area contributed by atoms with E-state index >= 15 is 0 Å². The predicted molar refractivity (Wildman–Crippen MR) is 102 cm³/mol. The van der Waals surface area contributed by atoms with Crippen LogP contribution in [0.4, 0.5) is 0 Å². The molecule has 0 aliphatic carbocycles. The zero-order valence-corrected chi connectivity index (χ0v) is 17.0. The molecule has 24 heavy (non-hydrogen) atoms. The first-order chi connectivity index (χ1) is 11.6. The molecule has 1 unspecified atom stereocenters. The van der Waals surface area contributed by atoms with E-state index in [-0.39, 0.29) is 6.61 Å². The minimum atomic E-state index is -3.80. The first-order valence-electron chi connectivity index (χ1n) is 10.2. The van der Waals surface area contributed by atoms with Crippen molar-refractivity contribution < 1.29 is 18.5 Å². The van der Waals surface area contributed by atoms with Crippen LogP contribution in [0, 0.1) is 0 Å². The van der Waals surface area contributed by atoms with Crippen LogP contribution in [0.3, 0.4) is 0 Å². The summed E-state index contributed by atoms with van der Waals surface area (Å²) < 4.78 is 21.1. The first kappa shape index (κ1) is 24.1. The molecule has 0 aromatic heterocycles. The monoisotopic (exact) mass is 364 g/mol. The van der Waals surface area contributed by atoms with E-state index in [9.17, 15) is 9.46 Å². The van der Waals surface area contributed by atoms with Crippen molar-refractivity contribution in [1.82, 2.24) is 0 Å². The van der Waals surface area contributed by atoms with Crippen LogP contribution < -0.4 is 0 Å². The van der Waals surface area contributed by atoms with Crippen LogP contribution in [0.1, 0.15) is 110 Å².